The monoisotopic (exact) mass is 459 g/mol. The molecule has 0 aliphatic rings. The van der Waals surface area contributed by atoms with E-state index in [2.05, 4.69) is 10.3 Å². The van der Waals surface area contributed by atoms with Crippen molar-refractivity contribution in [1.82, 2.24) is 5.32 Å². The molecule has 34 heavy (non-hydrogen) atoms. The Bertz CT molecular complexity index is 1080. The summed E-state index contributed by atoms with van der Waals surface area (Å²) in [5.74, 6) is 0.577. The molecule has 5 nitrogen and oxygen atoms in total. The number of Topliss-reactive ketones (excluding diaryl/α,β-unsaturated/α-hetero) is 2. The summed E-state index contributed by atoms with van der Waals surface area (Å²) in [5.41, 5.74) is 3.77. The van der Waals surface area contributed by atoms with Crippen LogP contribution in [0.5, 0.6) is 0 Å². The van der Waals surface area contributed by atoms with Gasteiger partial charge in [-0.25, -0.2) is 4.99 Å². The van der Waals surface area contributed by atoms with Crippen molar-refractivity contribution < 1.29 is 9.59 Å². The van der Waals surface area contributed by atoms with Gasteiger partial charge in [0.25, 0.3) is 0 Å². The normalized spacial score (nSPS) is 13.9. The van der Waals surface area contributed by atoms with E-state index < -0.39 is 6.04 Å². The van der Waals surface area contributed by atoms with Crippen LogP contribution in [0.2, 0.25) is 0 Å². The number of nitrogens with one attached hydrogen (secondary N) is 1. The molecule has 0 heterocycles. The summed E-state index contributed by atoms with van der Waals surface area (Å²) in [6, 6.07) is 16.9. The second kappa shape index (κ2) is 12.8. The van der Waals surface area contributed by atoms with E-state index in [1.807, 2.05) is 109 Å². The van der Waals surface area contributed by atoms with Crippen molar-refractivity contribution in [2.45, 2.75) is 54.5 Å². The molecule has 0 amide bonds. The molecular weight excluding hydrogens is 422 g/mol. The molecule has 1 atom stereocenters. The first kappa shape index (κ1) is 26.9. The number of benzene rings is 2. The standard InChI is InChI=1S/C29H37N3O2/c1-8-30-22(7)32-27(29(34)20(4)5)25-16-12-13-23(18-25)17-21(6)31-26(28(33)19(2)3)24-14-10-9-11-15-24/h9-20,27H,8H2,1-7H3,(H,30,32)/b21-17+,31-26?. The fraction of sp³-hybridized carbons (Fsp3) is 0.379. The van der Waals surface area contributed by atoms with Crippen LogP contribution < -0.4 is 5.32 Å². The number of aliphatic imine (C=N–C) groups is 2. The lowest BCUT2D eigenvalue weighted by molar-refractivity contribution is -0.123. The summed E-state index contributed by atoms with van der Waals surface area (Å²) < 4.78 is 0. The molecule has 0 aliphatic heterocycles. The average Bonchev–Trinajstić information content (AvgIpc) is 2.81. The number of ketones is 2. The Morgan fingerprint density at radius 2 is 1.62 bits per heavy atom. The van der Waals surface area contributed by atoms with Gasteiger partial charge in [0.15, 0.2) is 11.6 Å². The summed E-state index contributed by atoms with van der Waals surface area (Å²) in [6.45, 7) is 14.0. The second-order valence-corrected chi connectivity index (χ2v) is 9.00. The number of hydrogen-bond donors (Lipinski definition) is 1. The van der Waals surface area contributed by atoms with Gasteiger partial charge < -0.3 is 5.32 Å². The molecule has 1 unspecified atom stereocenters. The van der Waals surface area contributed by atoms with Crippen LogP contribution in [-0.2, 0) is 9.59 Å². The van der Waals surface area contributed by atoms with E-state index in [1.54, 1.807) is 0 Å². The van der Waals surface area contributed by atoms with Gasteiger partial charge in [-0.15, -0.1) is 0 Å². The van der Waals surface area contributed by atoms with Crippen LogP contribution in [0, 0.1) is 11.8 Å². The number of allylic oxidation sites excluding steroid dienone is 1. The van der Waals surface area contributed by atoms with Gasteiger partial charge in [-0.05, 0) is 44.0 Å². The molecule has 5 heteroatoms. The first-order valence-electron chi connectivity index (χ1n) is 11.9. The van der Waals surface area contributed by atoms with E-state index in [0.29, 0.717) is 18.0 Å². The smallest absolute Gasteiger partial charge is 0.184 e. The maximum absolute atomic E-state index is 13.0. The Labute approximate surface area is 204 Å². The number of nitrogens with zero attached hydrogens (tertiary/aromatic N) is 2. The van der Waals surface area contributed by atoms with Crippen LogP contribution >= 0.6 is 0 Å². The van der Waals surface area contributed by atoms with Crippen LogP contribution in [0.15, 0.2) is 70.3 Å². The highest BCUT2D eigenvalue weighted by Crippen LogP contribution is 2.21. The quantitative estimate of drug-likeness (QED) is 0.347. The zero-order chi connectivity index (χ0) is 25.3. The van der Waals surface area contributed by atoms with Crippen LogP contribution in [0.1, 0.15) is 71.2 Å². The highest BCUT2D eigenvalue weighted by Gasteiger charge is 2.23. The Kier molecular flexibility index (Phi) is 10.1. The molecule has 2 aromatic rings. The Morgan fingerprint density at radius 3 is 2.21 bits per heavy atom. The minimum Gasteiger partial charge on any atom is -0.360 e. The second-order valence-electron chi connectivity index (χ2n) is 9.00. The van der Waals surface area contributed by atoms with Gasteiger partial charge >= 0.3 is 0 Å². The first-order valence-corrected chi connectivity index (χ1v) is 11.9. The fourth-order valence-electron chi connectivity index (χ4n) is 3.55. The van der Waals surface area contributed by atoms with Gasteiger partial charge in [0.05, 0.1) is 5.84 Å². The minimum atomic E-state index is -0.477. The number of rotatable bonds is 10. The molecule has 0 saturated carbocycles. The van der Waals surface area contributed by atoms with Crippen LogP contribution in [0.3, 0.4) is 0 Å². The van der Waals surface area contributed by atoms with E-state index in [4.69, 9.17) is 4.99 Å². The summed E-state index contributed by atoms with van der Waals surface area (Å²) in [7, 11) is 0. The SMILES string of the molecule is CCN=C(C)NC(C(=O)C(C)C)c1cccc(/C=C(\C)N=C(C(=O)C(C)C)c2ccccc2)c1. The van der Waals surface area contributed by atoms with Crippen molar-refractivity contribution in [1.29, 1.82) is 0 Å². The van der Waals surface area contributed by atoms with Gasteiger partial charge in [0, 0.05) is 29.6 Å². The van der Waals surface area contributed by atoms with Crippen molar-refractivity contribution in [2.24, 2.45) is 21.8 Å². The largest absolute Gasteiger partial charge is 0.360 e. The van der Waals surface area contributed by atoms with E-state index in [-0.39, 0.29) is 23.4 Å². The Morgan fingerprint density at radius 1 is 0.941 bits per heavy atom. The molecule has 0 aliphatic carbocycles. The van der Waals surface area contributed by atoms with Gasteiger partial charge in [0.1, 0.15) is 11.8 Å². The lowest BCUT2D eigenvalue weighted by Crippen LogP contribution is -2.34. The molecule has 1 N–H and O–H groups in total. The third-order valence-corrected chi connectivity index (χ3v) is 5.31. The molecule has 0 saturated heterocycles. The number of amidine groups is 1. The van der Waals surface area contributed by atoms with Crippen molar-refractivity contribution >= 4 is 29.2 Å². The molecule has 2 aromatic carbocycles. The third kappa shape index (κ3) is 7.62. The van der Waals surface area contributed by atoms with E-state index in [9.17, 15) is 9.59 Å². The number of carbonyl (C=O) groups is 2. The van der Waals surface area contributed by atoms with Crippen LogP contribution in [0.4, 0.5) is 0 Å². The van der Waals surface area contributed by atoms with Crippen molar-refractivity contribution in [3.63, 3.8) is 0 Å². The predicted octanol–water partition coefficient (Wildman–Crippen LogP) is 6.06. The highest BCUT2D eigenvalue weighted by molar-refractivity contribution is 6.46. The topological polar surface area (TPSA) is 70.9 Å². The van der Waals surface area contributed by atoms with Crippen LogP contribution in [-0.4, -0.2) is 29.7 Å². The van der Waals surface area contributed by atoms with Crippen molar-refractivity contribution in [3.05, 3.63) is 77.0 Å². The van der Waals surface area contributed by atoms with Gasteiger partial charge in [0.2, 0.25) is 0 Å². The first-order chi connectivity index (χ1) is 16.1. The maximum atomic E-state index is 13.0. The van der Waals surface area contributed by atoms with Crippen molar-refractivity contribution in [2.75, 3.05) is 6.54 Å². The van der Waals surface area contributed by atoms with E-state index in [1.165, 1.54) is 0 Å². The van der Waals surface area contributed by atoms with E-state index in [0.717, 1.165) is 22.5 Å². The molecule has 0 radical (unpaired) electrons. The Hall–Kier alpha value is -3.34. The molecule has 0 fully saturated rings. The van der Waals surface area contributed by atoms with Crippen LogP contribution in [0.25, 0.3) is 6.08 Å². The van der Waals surface area contributed by atoms with Gasteiger partial charge in [-0.3, -0.25) is 14.6 Å². The zero-order valence-electron chi connectivity index (χ0n) is 21.4. The molecule has 0 aromatic heterocycles. The number of carbonyl (C=O) groups excluding carboxylic acids is 2. The third-order valence-electron chi connectivity index (χ3n) is 5.31. The average molecular weight is 460 g/mol. The fourth-order valence-corrected chi connectivity index (χ4v) is 3.55. The summed E-state index contributed by atoms with van der Waals surface area (Å²) in [5, 5.41) is 3.28. The van der Waals surface area contributed by atoms with Gasteiger partial charge in [-0.2, -0.15) is 0 Å². The minimum absolute atomic E-state index is 0.00480. The lowest BCUT2D eigenvalue weighted by atomic mass is 9.94. The summed E-state index contributed by atoms with van der Waals surface area (Å²) in [6.07, 6.45) is 1.93. The predicted molar refractivity (Wildman–Crippen MR) is 142 cm³/mol. The zero-order valence-corrected chi connectivity index (χ0v) is 21.4. The van der Waals surface area contributed by atoms with E-state index >= 15 is 0 Å². The van der Waals surface area contributed by atoms with Crippen molar-refractivity contribution in [3.8, 4) is 0 Å². The lowest BCUT2D eigenvalue weighted by Gasteiger charge is -2.21. The Balaban J connectivity index is 2.45. The molecule has 180 valence electrons. The molecule has 0 spiro atoms. The summed E-state index contributed by atoms with van der Waals surface area (Å²) >= 11 is 0. The molecule has 0 bridgehead atoms. The maximum Gasteiger partial charge on any atom is 0.184 e. The number of hydrogen-bond acceptors (Lipinski definition) is 4. The molecule has 2 rings (SSSR count). The summed E-state index contributed by atoms with van der Waals surface area (Å²) in [4.78, 5) is 34.9. The molecular formula is C29H37N3O2. The van der Waals surface area contributed by atoms with Gasteiger partial charge in [-0.1, -0.05) is 76.2 Å². The highest BCUT2D eigenvalue weighted by atomic mass is 16.1.